The fourth-order valence-corrected chi connectivity index (χ4v) is 2.85. The number of likely N-dealkylation sites (N-methyl/N-ethyl adjacent to an activating group) is 1. The molecule has 0 atom stereocenters. The van der Waals surface area contributed by atoms with Gasteiger partial charge in [0.1, 0.15) is 0 Å². The Morgan fingerprint density at radius 1 is 1.27 bits per heavy atom. The maximum absolute atomic E-state index is 12.8. The topological polar surface area (TPSA) is 74.0 Å². The summed E-state index contributed by atoms with van der Waals surface area (Å²) in [4.78, 5) is 14.6. The summed E-state index contributed by atoms with van der Waals surface area (Å²) in [6.45, 7) is 4.45. The van der Waals surface area contributed by atoms with E-state index in [1.54, 1.807) is 4.90 Å². The zero-order valence-corrected chi connectivity index (χ0v) is 12.8. The summed E-state index contributed by atoms with van der Waals surface area (Å²) in [5.74, 6) is 1.48. The Kier molecular flexibility index (Phi) is 4.22. The van der Waals surface area contributed by atoms with Crippen LogP contribution >= 0.6 is 0 Å². The number of ether oxygens (including phenoxy) is 3. The maximum Gasteiger partial charge on any atom is 0.243 e. The predicted molar refractivity (Wildman–Crippen MR) is 80.6 cm³/mol. The fraction of sp³-hybridized carbons (Fsp3) is 0.562. The summed E-state index contributed by atoms with van der Waals surface area (Å²) in [6.07, 6.45) is 1.15. The second-order valence-corrected chi connectivity index (χ2v) is 5.78. The zero-order valence-electron chi connectivity index (χ0n) is 12.8. The highest BCUT2D eigenvalue weighted by Crippen LogP contribution is 2.33. The Hall–Kier alpha value is -1.79. The largest absolute Gasteiger partial charge is 0.454 e. The number of nitrogens with two attached hydrogens (primary N) is 1. The van der Waals surface area contributed by atoms with Gasteiger partial charge in [-0.05, 0) is 37.5 Å². The first kappa shape index (κ1) is 15.1. The van der Waals surface area contributed by atoms with Crippen LogP contribution in [0.2, 0.25) is 0 Å². The molecule has 2 aliphatic heterocycles. The summed E-state index contributed by atoms with van der Waals surface area (Å²) in [5.41, 5.74) is 6.52. The molecule has 1 amide bonds. The first-order valence-corrected chi connectivity index (χ1v) is 7.67. The summed E-state index contributed by atoms with van der Waals surface area (Å²) in [6, 6.07) is 5.75. The first-order chi connectivity index (χ1) is 10.6. The molecule has 0 aliphatic carbocycles. The number of amides is 1. The van der Waals surface area contributed by atoms with Crippen LogP contribution in [0.15, 0.2) is 18.2 Å². The molecule has 22 heavy (non-hydrogen) atoms. The van der Waals surface area contributed by atoms with Crippen LogP contribution < -0.4 is 15.2 Å². The van der Waals surface area contributed by atoms with E-state index in [2.05, 4.69) is 0 Å². The molecule has 2 aliphatic rings. The molecule has 0 spiro atoms. The molecule has 1 fully saturated rings. The molecule has 3 rings (SSSR count). The minimum atomic E-state index is -0.801. The molecule has 0 bridgehead atoms. The van der Waals surface area contributed by atoms with Crippen molar-refractivity contribution in [2.45, 2.75) is 31.8 Å². The van der Waals surface area contributed by atoms with E-state index in [-0.39, 0.29) is 12.7 Å². The van der Waals surface area contributed by atoms with Crippen molar-refractivity contribution < 1.29 is 19.0 Å². The second-order valence-electron chi connectivity index (χ2n) is 5.78. The minimum Gasteiger partial charge on any atom is -0.454 e. The number of carbonyl (C=O) groups excluding carboxylic acids is 1. The fourth-order valence-electron chi connectivity index (χ4n) is 2.85. The molecular weight excluding hydrogens is 284 g/mol. The standard InChI is InChI=1S/C16H22N2O4/c1-2-18(15(19)16(17)5-7-20-8-6-16)10-12-3-4-13-14(9-12)22-11-21-13/h3-4,9H,2,5-8,10-11,17H2,1H3. The molecule has 0 radical (unpaired) electrons. The van der Waals surface area contributed by atoms with E-state index in [9.17, 15) is 4.79 Å². The van der Waals surface area contributed by atoms with Crippen LogP contribution in [0.1, 0.15) is 25.3 Å². The van der Waals surface area contributed by atoms with Gasteiger partial charge in [-0.1, -0.05) is 6.07 Å². The van der Waals surface area contributed by atoms with Gasteiger partial charge in [-0.25, -0.2) is 0 Å². The predicted octanol–water partition coefficient (Wildman–Crippen LogP) is 1.27. The molecule has 120 valence electrons. The van der Waals surface area contributed by atoms with Gasteiger partial charge in [-0.15, -0.1) is 0 Å². The third kappa shape index (κ3) is 2.89. The van der Waals surface area contributed by atoms with Crippen molar-refractivity contribution in [2.75, 3.05) is 26.6 Å². The second kappa shape index (κ2) is 6.14. The number of nitrogens with zero attached hydrogens (tertiary/aromatic N) is 1. The highest BCUT2D eigenvalue weighted by Gasteiger charge is 2.38. The van der Waals surface area contributed by atoms with E-state index >= 15 is 0 Å². The molecule has 1 aromatic carbocycles. The van der Waals surface area contributed by atoms with Crippen LogP contribution in [0.3, 0.4) is 0 Å². The number of hydrogen-bond acceptors (Lipinski definition) is 5. The van der Waals surface area contributed by atoms with E-state index in [0.29, 0.717) is 39.1 Å². The lowest BCUT2D eigenvalue weighted by Crippen LogP contribution is -2.57. The summed E-state index contributed by atoms with van der Waals surface area (Å²) >= 11 is 0. The van der Waals surface area contributed by atoms with Gasteiger partial charge in [0.2, 0.25) is 12.7 Å². The Morgan fingerprint density at radius 3 is 2.73 bits per heavy atom. The lowest BCUT2D eigenvalue weighted by atomic mass is 9.89. The average Bonchev–Trinajstić information content (AvgIpc) is 3.00. The van der Waals surface area contributed by atoms with Crippen LogP contribution in [-0.2, 0) is 16.1 Å². The van der Waals surface area contributed by atoms with Gasteiger partial charge in [-0.3, -0.25) is 4.79 Å². The van der Waals surface area contributed by atoms with Crippen LogP contribution in [0.5, 0.6) is 11.5 Å². The third-order valence-corrected chi connectivity index (χ3v) is 4.29. The highest BCUT2D eigenvalue weighted by atomic mass is 16.7. The quantitative estimate of drug-likeness (QED) is 0.907. The van der Waals surface area contributed by atoms with Gasteiger partial charge in [0.15, 0.2) is 11.5 Å². The normalized spacial score (nSPS) is 19.0. The Labute approximate surface area is 130 Å². The van der Waals surface area contributed by atoms with Crippen molar-refractivity contribution in [3.05, 3.63) is 23.8 Å². The van der Waals surface area contributed by atoms with Gasteiger partial charge >= 0.3 is 0 Å². The summed E-state index contributed by atoms with van der Waals surface area (Å²) in [5, 5.41) is 0. The monoisotopic (exact) mass is 306 g/mol. The van der Waals surface area contributed by atoms with Crippen molar-refractivity contribution in [1.29, 1.82) is 0 Å². The summed E-state index contributed by atoms with van der Waals surface area (Å²) < 4.78 is 16.0. The number of fused-ring (bicyclic) bond motifs is 1. The van der Waals surface area contributed by atoms with Crippen LogP contribution in [0, 0.1) is 0 Å². The number of benzene rings is 1. The number of rotatable bonds is 4. The van der Waals surface area contributed by atoms with E-state index in [1.165, 1.54) is 0 Å². The van der Waals surface area contributed by atoms with Crippen molar-refractivity contribution in [3.63, 3.8) is 0 Å². The van der Waals surface area contributed by atoms with Gasteiger partial charge in [-0.2, -0.15) is 0 Å². The van der Waals surface area contributed by atoms with Crippen molar-refractivity contribution in [2.24, 2.45) is 5.73 Å². The molecule has 1 saturated heterocycles. The van der Waals surface area contributed by atoms with Crippen molar-refractivity contribution in [1.82, 2.24) is 4.90 Å². The average molecular weight is 306 g/mol. The van der Waals surface area contributed by atoms with E-state index in [4.69, 9.17) is 19.9 Å². The summed E-state index contributed by atoms with van der Waals surface area (Å²) in [7, 11) is 0. The highest BCUT2D eigenvalue weighted by molar-refractivity contribution is 5.86. The lowest BCUT2D eigenvalue weighted by Gasteiger charge is -2.36. The minimum absolute atomic E-state index is 0.00373. The lowest BCUT2D eigenvalue weighted by molar-refractivity contribution is -0.141. The molecule has 0 unspecified atom stereocenters. The van der Waals surface area contributed by atoms with Crippen LogP contribution in [0.25, 0.3) is 0 Å². The molecule has 6 heteroatoms. The molecule has 6 nitrogen and oxygen atoms in total. The smallest absolute Gasteiger partial charge is 0.243 e. The van der Waals surface area contributed by atoms with E-state index in [0.717, 1.165) is 17.1 Å². The molecular formula is C16H22N2O4. The SMILES string of the molecule is CCN(Cc1ccc2c(c1)OCO2)C(=O)C1(N)CCOCC1. The Morgan fingerprint density at radius 2 is 2.00 bits per heavy atom. The maximum atomic E-state index is 12.8. The molecule has 2 N–H and O–H groups in total. The molecule has 1 aromatic rings. The van der Waals surface area contributed by atoms with Crippen molar-refractivity contribution >= 4 is 5.91 Å². The zero-order chi connectivity index (χ0) is 15.6. The third-order valence-electron chi connectivity index (χ3n) is 4.29. The van der Waals surface area contributed by atoms with Crippen LogP contribution in [0.4, 0.5) is 0 Å². The van der Waals surface area contributed by atoms with Crippen molar-refractivity contribution in [3.8, 4) is 11.5 Å². The first-order valence-electron chi connectivity index (χ1n) is 7.67. The number of hydrogen-bond donors (Lipinski definition) is 1. The Balaban J connectivity index is 1.72. The number of carbonyl (C=O) groups is 1. The molecule has 0 saturated carbocycles. The molecule has 0 aromatic heterocycles. The van der Waals surface area contributed by atoms with Gasteiger partial charge in [0, 0.05) is 26.3 Å². The van der Waals surface area contributed by atoms with Crippen LogP contribution in [-0.4, -0.2) is 42.9 Å². The van der Waals surface area contributed by atoms with E-state index < -0.39 is 5.54 Å². The Bertz CT molecular complexity index is 555. The van der Waals surface area contributed by atoms with Gasteiger partial charge in [0.05, 0.1) is 5.54 Å². The molecule has 2 heterocycles. The van der Waals surface area contributed by atoms with E-state index in [1.807, 2.05) is 25.1 Å². The van der Waals surface area contributed by atoms with Gasteiger partial charge in [0.25, 0.3) is 0 Å². The van der Waals surface area contributed by atoms with Gasteiger partial charge < -0.3 is 24.8 Å².